The standard InChI is InChI=1S/C17H20N4O4/c1-11-8-12(2)21(19-11)13(14-4-3-7-25-14)9-18-15(22)10-20-16(23)5-6-17(20)24/h3-4,7-8,13H,5-6,9-10H2,1-2H3,(H,18,22)/t13-/m0/s1. The molecule has 0 unspecified atom stereocenters. The highest BCUT2D eigenvalue weighted by Gasteiger charge is 2.30. The molecule has 0 radical (unpaired) electrons. The maximum Gasteiger partial charge on any atom is 0.240 e. The van der Waals surface area contributed by atoms with E-state index < -0.39 is 0 Å². The van der Waals surface area contributed by atoms with Crippen molar-refractivity contribution in [1.82, 2.24) is 20.0 Å². The van der Waals surface area contributed by atoms with Crippen molar-refractivity contribution in [2.75, 3.05) is 13.1 Å². The van der Waals surface area contributed by atoms with Gasteiger partial charge in [0, 0.05) is 25.1 Å². The van der Waals surface area contributed by atoms with Gasteiger partial charge in [0.25, 0.3) is 0 Å². The van der Waals surface area contributed by atoms with E-state index in [1.165, 1.54) is 0 Å². The maximum absolute atomic E-state index is 12.2. The average molecular weight is 344 g/mol. The van der Waals surface area contributed by atoms with E-state index in [0.717, 1.165) is 16.3 Å². The molecule has 3 heterocycles. The molecule has 0 aliphatic carbocycles. The third-order valence-electron chi connectivity index (χ3n) is 4.16. The quantitative estimate of drug-likeness (QED) is 0.787. The Morgan fingerprint density at radius 1 is 1.32 bits per heavy atom. The number of carbonyl (C=O) groups excluding carboxylic acids is 3. The lowest BCUT2D eigenvalue weighted by Gasteiger charge is -2.19. The summed E-state index contributed by atoms with van der Waals surface area (Å²) < 4.78 is 7.28. The van der Waals surface area contributed by atoms with Crippen molar-refractivity contribution < 1.29 is 18.8 Å². The van der Waals surface area contributed by atoms with Gasteiger partial charge in [0.1, 0.15) is 18.3 Å². The van der Waals surface area contributed by atoms with Gasteiger partial charge in [0.2, 0.25) is 17.7 Å². The Kier molecular flexibility index (Phi) is 4.69. The van der Waals surface area contributed by atoms with Crippen LogP contribution in [0.25, 0.3) is 0 Å². The van der Waals surface area contributed by atoms with Crippen molar-refractivity contribution >= 4 is 17.7 Å². The van der Waals surface area contributed by atoms with Crippen molar-refractivity contribution in [3.63, 3.8) is 0 Å². The molecule has 0 spiro atoms. The molecule has 1 aliphatic rings. The topological polar surface area (TPSA) is 97.4 Å². The Labute approximate surface area is 144 Å². The predicted octanol–water partition coefficient (Wildman–Crippen LogP) is 0.948. The first-order valence-electron chi connectivity index (χ1n) is 8.11. The van der Waals surface area contributed by atoms with Crippen molar-refractivity contribution in [3.8, 4) is 0 Å². The zero-order chi connectivity index (χ0) is 18.0. The molecule has 0 bridgehead atoms. The van der Waals surface area contributed by atoms with Gasteiger partial charge >= 0.3 is 0 Å². The number of rotatable bonds is 6. The van der Waals surface area contributed by atoms with Gasteiger partial charge in [0.05, 0.1) is 12.0 Å². The smallest absolute Gasteiger partial charge is 0.240 e. The third-order valence-corrected chi connectivity index (χ3v) is 4.16. The molecular weight excluding hydrogens is 324 g/mol. The van der Waals surface area contributed by atoms with Gasteiger partial charge in [-0.2, -0.15) is 5.10 Å². The van der Waals surface area contributed by atoms with Crippen LogP contribution in [-0.4, -0.2) is 45.5 Å². The summed E-state index contributed by atoms with van der Waals surface area (Å²) in [5.74, 6) is -0.330. The fourth-order valence-electron chi connectivity index (χ4n) is 2.96. The summed E-state index contributed by atoms with van der Waals surface area (Å²) in [6, 6.07) is 5.23. The Morgan fingerprint density at radius 3 is 2.60 bits per heavy atom. The number of hydrogen-bond donors (Lipinski definition) is 1. The fraction of sp³-hybridized carbons (Fsp3) is 0.412. The lowest BCUT2D eigenvalue weighted by Crippen LogP contribution is -2.41. The van der Waals surface area contributed by atoms with Crippen LogP contribution in [-0.2, 0) is 14.4 Å². The average Bonchev–Trinajstić information content (AvgIpc) is 3.27. The zero-order valence-electron chi connectivity index (χ0n) is 14.2. The van der Waals surface area contributed by atoms with Gasteiger partial charge in [-0.15, -0.1) is 0 Å². The summed E-state index contributed by atoms with van der Waals surface area (Å²) in [6.45, 7) is 3.81. The van der Waals surface area contributed by atoms with E-state index in [2.05, 4.69) is 10.4 Å². The van der Waals surface area contributed by atoms with Gasteiger partial charge in [-0.3, -0.25) is 24.0 Å². The van der Waals surface area contributed by atoms with E-state index in [9.17, 15) is 14.4 Å². The zero-order valence-corrected chi connectivity index (χ0v) is 14.2. The van der Waals surface area contributed by atoms with Crippen LogP contribution in [0.2, 0.25) is 0 Å². The van der Waals surface area contributed by atoms with E-state index in [0.29, 0.717) is 5.76 Å². The lowest BCUT2D eigenvalue weighted by molar-refractivity contribution is -0.142. The second kappa shape index (κ2) is 6.92. The Balaban J connectivity index is 1.69. The molecule has 8 nitrogen and oxygen atoms in total. The van der Waals surface area contributed by atoms with Crippen LogP contribution in [0.5, 0.6) is 0 Å². The lowest BCUT2D eigenvalue weighted by atomic mass is 10.2. The van der Waals surface area contributed by atoms with Gasteiger partial charge in [-0.25, -0.2) is 0 Å². The van der Waals surface area contributed by atoms with Crippen LogP contribution in [0.15, 0.2) is 28.9 Å². The minimum Gasteiger partial charge on any atom is -0.467 e. The summed E-state index contributed by atoms with van der Waals surface area (Å²) >= 11 is 0. The number of nitrogens with one attached hydrogen (secondary N) is 1. The molecule has 3 amide bonds. The number of aryl methyl sites for hydroxylation is 2. The molecule has 1 N–H and O–H groups in total. The number of amides is 3. The van der Waals surface area contributed by atoms with Crippen LogP contribution < -0.4 is 5.32 Å². The summed E-state index contributed by atoms with van der Waals surface area (Å²) in [7, 11) is 0. The highest BCUT2D eigenvalue weighted by molar-refractivity contribution is 6.04. The molecule has 1 aliphatic heterocycles. The number of likely N-dealkylation sites (tertiary alicyclic amines) is 1. The SMILES string of the molecule is Cc1cc(C)n([C@@H](CNC(=O)CN2C(=O)CCC2=O)c2ccco2)n1. The molecule has 0 aromatic carbocycles. The number of furan rings is 1. The van der Waals surface area contributed by atoms with E-state index in [4.69, 9.17) is 4.42 Å². The Hall–Kier alpha value is -2.90. The maximum atomic E-state index is 12.2. The molecule has 1 saturated heterocycles. The second-order valence-electron chi connectivity index (χ2n) is 6.08. The molecule has 1 atom stereocenters. The van der Waals surface area contributed by atoms with Gasteiger partial charge < -0.3 is 9.73 Å². The second-order valence-corrected chi connectivity index (χ2v) is 6.08. The molecule has 25 heavy (non-hydrogen) atoms. The Bertz CT molecular complexity index is 778. The predicted molar refractivity (Wildman–Crippen MR) is 87.5 cm³/mol. The molecule has 2 aromatic heterocycles. The summed E-state index contributed by atoms with van der Waals surface area (Å²) in [5.41, 5.74) is 1.81. The van der Waals surface area contributed by atoms with E-state index >= 15 is 0 Å². The molecule has 3 rings (SSSR count). The van der Waals surface area contributed by atoms with E-state index in [1.54, 1.807) is 17.0 Å². The first kappa shape index (κ1) is 16.9. The number of imide groups is 1. The third kappa shape index (κ3) is 3.62. The fourth-order valence-corrected chi connectivity index (χ4v) is 2.96. The highest BCUT2D eigenvalue weighted by atomic mass is 16.3. The molecule has 1 fully saturated rings. The van der Waals surface area contributed by atoms with Crippen LogP contribution >= 0.6 is 0 Å². The molecule has 132 valence electrons. The first-order chi connectivity index (χ1) is 12.0. The number of hydrogen-bond acceptors (Lipinski definition) is 5. The monoisotopic (exact) mass is 344 g/mol. The van der Waals surface area contributed by atoms with E-state index in [1.807, 2.05) is 26.0 Å². The first-order valence-corrected chi connectivity index (χ1v) is 8.11. The van der Waals surface area contributed by atoms with Crippen LogP contribution in [0.4, 0.5) is 0 Å². The van der Waals surface area contributed by atoms with Crippen LogP contribution in [0, 0.1) is 13.8 Å². The van der Waals surface area contributed by atoms with Gasteiger partial charge in [-0.1, -0.05) is 0 Å². The highest BCUT2D eigenvalue weighted by Crippen LogP contribution is 2.20. The number of aromatic nitrogens is 2. The normalized spacial score (nSPS) is 15.7. The van der Waals surface area contributed by atoms with Crippen LogP contribution in [0.1, 0.15) is 36.0 Å². The summed E-state index contributed by atoms with van der Waals surface area (Å²) in [5, 5.41) is 7.23. The van der Waals surface area contributed by atoms with Crippen molar-refractivity contribution in [2.45, 2.75) is 32.7 Å². The number of carbonyl (C=O) groups is 3. The van der Waals surface area contributed by atoms with E-state index in [-0.39, 0.29) is 49.7 Å². The molecule has 8 heteroatoms. The summed E-state index contributed by atoms with van der Waals surface area (Å²) in [6.07, 6.45) is 1.91. The summed E-state index contributed by atoms with van der Waals surface area (Å²) in [4.78, 5) is 36.4. The minimum absolute atomic E-state index is 0.174. The Morgan fingerprint density at radius 2 is 2.04 bits per heavy atom. The largest absolute Gasteiger partial charge is 0.467 e. The molecular formula is C17H20N4O4. The van der Waals surface area contributed by atoms with Crippen molar-refractivity contribution in [3.05, 3.63) is 41.6 Å². The van der Waals surface area contributed by atoms with Gasteiger partial charge in [-0.05, 0) is 32.0 Å². The minimum atomic E-state index is -0.387. The molecule has 0 saturated carbocycles. The molecule has 2 aromatic rings. The van der Waals surface area contributed by atoms with Crippen LogP contribution in [0.3, 0.4) is 0 Å². The number of nitrogens with zero attached hydrogens (tertiary/aromatic N) is 3. The van der Waals surface area contributed by atoms with Gasteiger partial charge in [0.15, 0.2) is 0 Å². The van der Waals surface area contributed by atoms with Crippen molar-refractivity contribution in [1.29, 1.82) is 0 Å². The van der Waals surface area contributed by atoms with Crippen molar-refractivity contribution in [2.24, 2.45) is 0 Å².